The zero-order valence-electron chi connectivity index (χ0n) is 11.6. The Morgan fingerprint density at radius 3 is 2.50 bits per heavy atom. The van der Waals surface area contributed by atoms with E-state index in [1.54, 1.807) is 0 Å². The van der Waals surface area contributed by atoms with Gasteiger partial charge in [0, 0.05) is 6.04 Å². The van der Waals surface area contributed by atoms with Crippen molar-refractivity contribution in [2.45, 2.75) is 78.2 Å². The first kappa shape index (κ1) is 14.0. The predicted molar refractivity (Wildman–Crippen MR) is 72.7 cm³/mol. The monoisotopic (exact) mass is 225 g/mol. The Balaban J connectivity index is 2.26. The highest BCUT2D eigenvalue weighted by atomic mass is 14.9. The van der Waals surface area contributed by atoms with Crippen LogP contribution in [0.1, 0.15) is 72.1 Å². The highest BCUT2D eigenvalue weighted by molar-refractivity contribution is 4.79. The van der Waals surface area contributed by atoms with Gasteiger partial charge < -0.3 is 5.32 Å². The maximum absolute atomic E-state index is 3.71. The molecule has 0 amide bonds. The van der Waals surface area contributed by atoms with Gasteiger partial charge in [-0.15, -0.1) is 0 Å². The third kappa shape index (κ3) is 4.86. The van der Waals surface area contributed by atoms with Gasteiger partial charge in [0.1, 0.15) is 0 Å². The topological polar surface area (TPSA) is 12.0 Å². The van der Waals surface area contributed by atoms with Crippen LogP contribution in [0.5, 0.6) is 0 Å². The third-order valence-electron chi connectivity index (χ3n) is 4.29. The van der Waals surface area contributed by atoms with Crippen molar-refractivity contribution in [2.75, 3.05) is 6.54 Å². The Bertz CT molecular complexity index is 163. The molecule has 0 spiro atoms. The van der Waals surface area contributed by atoms with Gasteiger partial charge >= 0.3 is 0 Å². The number of rotatable bonds is 7. The standard InChI is InChI=1S/C15H31N/c1-4-10-16-15-9-7-8-14(12-15)11-13(5-2)6-3/h13-16H,4-12H2,1-3H3. The molecule has 0 saturated heterocycles. The molecular weight excluding hydrogens is 194 g/mol. The van der Waals surface area contributed by atoms with Crippen molar-refractivity contribution in [1.29, 1.82) is 0 Å². The van der Waals surface area contributed by atoms with Gasteiger partial charge in [0.2, 0.25) is 0 Å². The molecule has 1 heteroatoms. The van der Waals surface area contributed by atoms with Crippen LogP contribution in [0.4, 0.5) is 0 Å². The van der Waals surface area contributed by atoms with E-state index in [9.17, 15) is 0 Å². The largest absolute Gasteiger partial charge is 0.314 e. The lowest BCUT2D eigenvalue weighted by atomic mass is 9.79. The van der Waals surface area contributed by atoms with Crippen LogP contribution in [0.2, 0.25) is 0 Å². The summed E-state index contributed by atoms with van der Waals surface area (Å²) in [6.07, 6.45) is 11.3. The first-order valence-corrected chi connectivity index (χ1v) is 7.53. The minimum Gasteiger partial charge on any atom is -0.314 e. The van der Waals surface area contributed by atoms with Gasteiger partial charge in [-0.1, -0.05) is 46.5 Å². The number of nitrogens with one attached hydrogen (secondary N) is 1. The Kier molecular flexibility index (Phi) is 7.11. The number of hydrogen-bond donors (Lipinski definition) is 1. The summed E-state index contributed by atoms with van der Waals surface area (Å²) < 4.78 is 0. The molecule has 1 rings (SSSR count). The van der Waals surface area contributed by atoms with Crippen LogP contribution in [0, 0.1) is 11.8 Å². The maximum Gasteiger partial charge on any atom is 0.00697 e. The fourth-order valence-corrected chi connectivity index (χ4v) is 3.13. The summed E-state index contributed by atoms with van der Waals surface area (Å²) in [4.78, 5) is 0. The lowest BCUT2D eigenvalue weighted by Gasteiger charge is -2.31. The summed E-state index contributed by atoms with van der Waals surface area (Å²) in [5.41, 5.74) is 0. The van der Waals surface area contributed by atoms with E-state index in [2.05, 4.69) is 26.1 Å². The lowest BCUT2D eigenvalue weighted by molar-refractivity contribution is 0.237. The van der Waals surface area contributed by atoms with Crippen molar-refractivity contribution in [3.05, 3.63) is 0 Å². The van der Waals surface area contributed by atoms with Crippen LogP contribution >= 0.6 is 0 Å². The van der Waals surface area contributed by atoms with Gasteiger partial charge in [-0.25, -0.2) is 0 Å². The Hall–Kier alpha value is -0.0400. The van der Waals surface area contributed by atoms with Crippen LogP contribution in [-0.2, 0) is 0 Å². The summed E-state index contributed by atoms with van der Waals surface area (Å²) in [5.74, 6) is 1.99. The van der Waals surface area contributed by atoms with Gasteiger partial charge in [-0.3, -0.25) is 0 Å². The van der Waals surface area contributed by atoms with Crippen LogP contribution in [0.3, 0.4) is 0 Å². The van der Waals surface area contributed by atoms with Crippen molar-refractivity contribution >= 4 is 0 Å². The predicted octanol–water partition coefficient (Wildman–Crippen LogP) is 4.37. The molecule has 0 aromatic carbocycles. The zero-order chi connectivity index (χ0) is 11.8. The molecule has 1 saturated carbocycles. The Labute approximate surface area is 102 Å². The van der Waals surface area contributed by atoms with Gasteiger partial charge in [0.05, 0.1) is 0 Å². The molecule has 1 aliphatic rings. The molecule has 0 radical (unpaired) electrons. The van der Waals surface area contributed by atoms with E-state index in [0.29, 0.717) is 0 Å². The molecule has 16 heavy (non-hydrogen) atoms. The lowest BCUT2D eigenvalue weighted by Crippen LogP contribution is -2.35. The summed E-state index contributed by atoms with van der Waals surface area (Å²) >= 11 is 0. The van der Waals surface area contributed by atoms with Crippen molar-refractivity contribution in [2.24, 2.45) is 11.8 Å². The second-order valence-electron chi connectivity index (χ2n) is 5.60. The molecule has 0 aromatic rings. The molecule has 1 aliphatic carbocycles. The zero-order valence-corrected chi connectivity index (χ0v) is 11.6. The minimum absolute atomic E-state index is 0.827. The molecule has 1 N–H and O–H groups in total. The van der Waals surface area contributed by atoms with Crippen molar-refractivity contribution in [3.8, 4) is 0 Å². The van der Waals surface area contributed by atoms with Gasteiger partial charge in [0.15, 0.2) is 0 Å². The summed E-state index contributed by atoms with van der Waals surface area (Å²) in [6, 6.07) is 0.827. The SMILES string of the molecule is CCCNC1CCCC(CC(CC)CC)C1. The van der Waals surface area contributed by atoms with Gasteiger partial charge in [-0.05, 0) is 44.1 Å². The molecular formula is C15H31N. The highest BCUT2D eigenvalue weighted by Crippen LogP contribution is 2.31. The van der Waals surface area contributed by atoms with E-state index in [-0.39, 0.29) is 0 Å². The molecule has 0 heterocycles. The van der Waals surface area contributed by atoms with Crippen LogP contribution in [0.25, 0.3) is 0 Å². The third-order valence-corrected chi connectivity index (χ3v) is 4.29. The molecule has 0 aromatic heterocycles. The molecule has 2 atom stereocenters. The second kappa shape index (κ2) is 8.11. The normalized spacial score (nSPS) is 26.2. The molecule has 96 valence electrons. The fraction of sp³-hybridized carbons (Fsp3) is 1.00. The fourth-order valence-electron chi connectivity index (χ4n) is 3.13. The summed E-state index contributed by atoms with van der Waals surface area (Å²) in [7, 11) is 0. The van der Waals surface area contributed by atoms with Crippen molar-refractivity contribution in [3.63, 3.8) is 0 Å². The molecule has 1 fully saturated rings. The van der Waals surface area contributed by atoms with Crippen LogP contribution in [0.15, 0.2) is 0 Å². The van der Waals surface area contributed by atoms with Gasteiger partial charge in [-0.2, -0.15) is 0 Å². The first-order chi connectivity index (χ1) is 7.80. The number of hydrogen-bond acceptors (Lipinski definition) is 1. The quantitative estimate of drug-likeness (QED) is 0.678. The average Bonchev–Trinajstić information content (AvgIpc) is 2.34. The van der Waals surface area contributed by atoms with Crippen molar-refractivity contribution in [1.82, 2.24) is 5.32 Å². The molecule has 0 bridgehead atoms. The molecule has 1 nitrogen and oxygen atoms in total. The van der Waals surface area contributed by atoms with E-state index in [0.717, 1.165) is 17.9 Å². The van der Waals surface area contributed by atoms with E-state index >= 15 is 0 Å². The van der Waals surface area contributed by atoms with Crippen LogP contribution in [-0.4, -0.2) is 12.6 Å². The second-order valence-corrected chi connectivity index (χ2v) is 5.60. The smallest absolute Gasteiger partial charge is 0.00697 e. The summed E-state index contributed by atoms with van der Waals surface area (Å²) in [6.45, 7) is 8.17. The van der Waals surface area contributed by atoms with Crippen LogP contribution < -0.4 is 5.32 Å². The van der Waals surface area contributed by atoms with Gasteiger partial charge in [0.25, 0.3) is 0 Å². The van der Waals surface area contributed by atoms with E-state index < -0.39 is 0 Å². The van der Waals surface area contributed by atoms with E-state index in [1.165, 1.54) is 57.9 Å². The van der Waals surface area contributed by atoms with Crippen molar-refractivity contribution < 1.29 is 0 Å². The first-order valence-electron chi connectivity index (χ1n) is 7.53. The minimum atomic E-state index is 0.827. The summed E-state index contributed by atoms with van der Waals surface area (Å²) in [5, 5.41) is 3.71. The maximum atomic E-state index is 3.71. The van der Waals surface area contributed by atoms with E-state index in [1.807, 2.05) is 0 Å². The average molecular weight is 225 g/mol. The molecule has 2 unspecified atom stereocenters. The highest BCUT2D eigenvalue weighted by Gasteiger charge is 2.23. The Morgan fingerprint density at radius 1 is 1.12 bits per heavy atom. The molecule has 0 aliphatic heterocycles. The van der Waals surface area contributed by atoms with E-state index in [4.69, 9.17) is 0 Å². The Morgan fingerprint density at radius 2 is 1.88 bits per heavy atom.